The summed E-state index contributed by atoms with van der Waals surface area (Å²) in [7, 11) is 0. The normalized spacial score (nSPS) is 17.7. The molecule has 8 nitrogen and oxygen atoms in total. The Bertz CT molecular complexity index is 1270. The lowest BCUT2D eigenvalue weighted by atomic mass is 9.99. The third-order valence-electron chi connectivity index (χ3n) is 5.31. The zero-order valence-corrected chi connectivity index (χ0v) is 17.7. The number of hydrogen-bond donors (Lipinski definition) is 1. The van der Waals surface area contributed by atoms with Crippen molar-refractivity contribution in [2.75, 3.05) is 4.90 Å². The number of nitro benzene ring substituents is 1. The van der Waals surface area contributed by atoms with Gasteiger partial charge in [-0.2, -0.15) is 0 Å². The van der Waals surface area contributed by atoms with Gasteiger partial charge in [0.05, 0.1) is 10.5 Å². The summed E-state index contributed by atoms with van der Waals surface area (Å²) in [6.45, 7) is 5.51. The summed E-state index contributed by atoms with van der Waals surface area (Å²) in [6, 6.07) is 13.0. The van der Waals surface area contributed by atoms with Gasteiger partial charge in [0, 0.05) is 23.4 Å². The summed E-state index contributed by atoms with van der Waals surface area (Å²) in [5.41, 5.74) is 2.21. The summed E-state index contributed by atoms with van der Waals surface area (Å²) in [4.78, 5) is 37.9. The van der Waals surface area contributed by atoms with Gasteiger partial charge in [0.2, 0.25) is 0 Å². The molecule has 0 radical (unpaired) electrons. The number of benzene rings is 2. The number of nitrogens with zero attached hydrogens (tertiary/aromatic N) is 2. The van der Waals surface area contributed by atoms with Crippen LogP contribution < -0.4 is 4.90 Å². The number of carbonyl (C=O) groups excluding carboxylic acids is 2. The van der Waals surface area contributed by atoms with Crippen molar-refractivity contribution in [3.8, 4) is 0 Å². The fourth-order valence-corrected chi connectivity index (χ4v) is 3.95. The number of non-ortho nitro benzene ring substituents is 1. The molecule has 3 aromatic rings. The lowest BCUT2D eigenvalue weighted by Gasteiger charge is -2.24. The van der Waals surface area contributed by atoms with Crippen LogP contribution in [0.25, 0.3) is 5.76 Å². The van der Waals surface area contributed by atoms with Gasteiger partial charge < -0.3 is 9.52 Å². The lowest BCUT2D eigenvalue weighted by molar-refractivity contribution is -0.384. The molecule has 1 amide bonds. The minimum absolute atomic E-state index is 0.141. The maximum Gasteiger partial charge on any atom is 0.300 e. The first-order chi connectivity index (χ1) is 15.2. The molecular weight excluding hydrogens is 412 g/mol. The van der Waals surface area contributed by atoms with E-state index in [0.717, 1.165) is 11.1 Å². The molecule has 1 aliphatic rings. The highest BCUT2D eigenvalue weighted by atomic mass is 16.6. The summed E-state index contributed by atoms with van der Waals surface area (Å²) in [5, 5.41) is 22.0. The van der Waals surface area contributed by atoms with Crippen molar-refractivity contribution < 1.29 is 24.0 Å². The first-order valence-corrected chi connectivity index (χ1v) is 9.88. The van der Waals surface area contributed by atoms with Crippen molar-refractivity contribution in [1.82, 2.24) is 0 Å². The Morgan fingerprint density at radius 2 is 1.62 bits per heavy atom. The summed E-state index contributed by atoms with van der Waals surface area (Å²) >= 11 is 0. The number of nitro groups is 1. The van der Waals surface area contributed by atoms with E-state index < -0.39 is 28.4 Å². The molecule has 1 saturated heterocycles. The molecule has 4 rings (SSSR count). The van der Waals surface area contributed by atoms with E-state index >= 15 is 0 Å². The van der Waals surface area contributed by atoms with Crippen molar-refractivity contribution in [3.63, 3.8) is 0 Å². The zero-order valence-electron chi connectivity index (χ0n) is 17.7. The van der Waals surface area contributed by atoms with Crippen LogP contribution in [0.2, 0.25) is 0 Å². The second-order valence-electron chi connectivity index (χ2n) is 7.77. The number of ketones is 1. The molecule has 162 valence electrons. The molecule has 1 atom stereocenters. The Balaban J connectivity index is 1.92. The van der Waals surface area contributed by atoms with Crippen molar-refractivity contribution >= 4 is 28.8 Å². The molecule has 0 spiro atoms. The van der Waals surface area contributed by atoms with Gasteiger partial charge in [-0.3, -0.25) is 24.6 Å². The second kappa shape index (κ2) is 7.81. The highest BCUT2D eigenvalue weighted by molar-refractivity contribution is 6.51. The number of rotatable bonds is 4. The average Bonchev–Trinajstić information content (AvgIpc) is 3.28. The molecule has 0 saturated carbocycles. The monoisotopic (exact) mass is 432 g/mol. The van der Waals surface area contributed by atoms with E-state index in [9.17, 15) is 24.8 Å². The first kappa shape index (κ1) is 21.0. The van der Waals surface area contributed by atoms with Crippen molar-refractivity contribution in [1.29, 1.82) is 0 Å². The van der Waals surface area contributed by atoms with Gasteiger partial charge in [-0.1, -0.05) is 6.07 Å². The predicted octanol–water partition coefficient (Wildman–Crippen LogP) is 4.74. The number of carbonyl (C=O) groups is 2. The van der Waals surface area contributed by atoms with Crippen LogP contribution >= 0.6 is 0 Å². The number of amides is 1. The van der Waals surface area contributed by atoms with E-state index in [0.29, 0.717) is 17.2 Å². The van der Waals surface area contributed by atoms with E-state index in [2.05, 4.69) is 0 Å². The molecule has 8 heteroatoms. The van der Waals surface area contributed by atoms with Gasteiger partial charge in [0.25, 0.3) is 17.4 Å². The number of anilines is 1. The zero-order chi connectivity index (χ0) is 23.2. The van der Waals surface area contributed by atoms with E-state index in [-0.39, 0.29) is 16.8 Å². The molecule has 1 fully saturated rings. The van der Waals surface area contributed by atoms with Crippen molar-refractivity contribution in [3.05, 3.63) is 98.5 Å². The van der Waals surface area contributed by atoms with Gasteiger partial charge >= 0.3 is 0 Å². The molecule has 0 bridgehead atoms. The van der Waals surface area contributed by atoms with Gasteiger partial charge in [0.1, 0.15) is 23.3 Å². The van der Waals surface area contributed by atoms with Crippen LogP contribution in [-0.2, 0) is 9.59 Å². The Hall–Kier alpha value is -4.20. The highest BCUT2D eigenvalue weighted by Gasteiger charge is 2.48. The number of furan rings is 1. The maximum absolute atomic E-state index is 13.1. The van der Waals surface area contributed by atoms with Gasteiger partial charge in [-0.15, -0.1) is 0 Å². The van der Waals surface area contributed by atoms with Crippen LogP contribution in [0.5, 0.6) is 0 Å². The number of aliphatic hydroxyl groups excluding tert-OH is 1. The maximum atomic E-state index is 13.1. The minimum Gasteiger partial charge on any atom is -0.507 e. The second-order valence-corrected chi connectivity index (χ2v) is 7.77. The quantitative estimate of drug-likeness (QED) is 0.209. The Morgan fingerprint density at radius 1 is 1.00 bits per heavy atom. The SMILES string of the molecule is Cc1cc(C)cc(N2C(=O)C(=O)/C(=C(\O)c3ccc([N+](=O)[O-])cc3)C2c2ccc(C)o2)c1. The number of aliphatic hydroxyl groups is 1. The van der Waals surface area contributed by atoms with Crippen LogP contribution in [-0.4, -0.2) is 21.7 Å². The van der Waals surface area contributed by atoms with Gasteiger partial charge in [-0.25, -0.2) is 0 Å². The molecule has 2 aromatic carbocycles. The van der Waals surface area contributed by atoms with Gasteiger partial charge in [-0.05, 0) is 68.3 Å². The molecule has 1 aromatic heterocycles. The van der Waals surface area contributed by atoms with E-state index in [4.69, 9.17) is 4.42 Å². The lowest BCUT2D eigenvalue weighted by Crippen LogP contribution is -2.29. The first-order valence-electron chi connectivity index (χ1n) is 9.88. The third kappa shape index (κ3) is 3.56. The molecule has 1 unspecified atom stereocenters. The van der Waals surface area contributed by atoms with Crippen molar-refractivity contribution in [2.45, 2.75) is 26.8 Å². The molecule has 1 aliphatic heterocycles. The van der Waals surface area contributed by atoms with Crippen LogP contribution in [0.3, 0.4) is 0 Å². The van der Waals surface area contributed by atoms with Crippen LogP contribution in [0.15, 0.2) is 64.6 Å². The summed E-state index contributed by atoms with van der Waals surface area (Å²) < 4.78 is 5.76. The van der Waals surface area contributed by atoms with E-state index in [1.54, 1.807) is 31.2 Å². The molecule has 32 heavy (non-hydrogen) atoms. The third-order valence-corrected chi connectivity index (χ3v) is 5.31. The Morgan fingerprint density at radius 3 is 2.16 bits per heavy atom. The number of hydrogen-bond acceptors (Lipinski definition) is 6. The summed E-state index contributed by atoms with van der Waals surface area (Å²) in [6.07, 6.45) is 0. The molecular formula is C24H20N2O6. The van der Waals surface area contributed by atoms with Crippen LogP contribution in [0, 0.1) is 30.9 Å². The molecule has 1 N–H and O–H groups in total. The fraction of sp³-hybridized carbons (Fsp3) is 0.167. The summed E-state index contributed by atoms with van der Waals surface area (Å²) in [5.74, 6) is -1.17. The average molecular weight is 432 g/mol. The van der Waals surface area contributed by atoms with Crippen molar-refractivity contribution in [2.24, 2.45) is 0 Å². The predicted molar refractivity (Wildman–Crippen MR) is 117 cm³/mol. The van der Waals surface area contributed by atoms with E-state index in [1.165, 1.54) is 29.2 Å². The number of aryl methyl sites for hydroxylation is 3. The molecule has 2 heterocycles. The molecule has 0 aliphatic carbocycles. The Labute approximate surface area is 183 Å². The van der Waals surface area contributed by atoms with E-state index in [1.807, 2.05) is 19.9 Å². The van der Waals surface area contributed by atoms with Crippen LogP contribution in [0.4, 0.5) is 11.4 Å². The number of Topliss-reactive ketones (excluding diaryl/α,β-unsaturated/α-hetero) is 1. The minimum atomic E-state index is -0.986. The van der Waals surface area contributed by atoms with Crippen LogP contribution in [0.1, 0.15) is 34.3 Å². The fourth-order valence-electron chi connectivity index (χ4n) is 3.95. The highest BCUT2D eigenvalue weighted by Crippen LogP contribution is 2.43. The Kier molecular flexibility index (Phi) is 5.14. The topological polar surface area (TPSA) is 114 Å². The standard InChI is InChI=1S/C24H20N2O6/c1-13-10-14(2)12-18(11-13)25-21(19-9-4-15(3)32-19)20(23(28)24(25)29)22(27)16-5-7-17(8-6-16)26(30)31/h4-12,21,27H,1-3H3/b22-20-. The largest absolute Gasteiger partial charge is 0.507 e. The van der Waals surface area contributed by atoms with Gasteiger partial charge in [0.15, 0.2) is 0 Å². The smallest absolute Gasteiger partial charge is 0.300 e.